The van der Waals surface area contributed by atoms with Crippen molar-refractivity contribution in [2.75, 3.05) is 0 Å². The molecule has 5 nitrogen and oxygen atoms in total. The number of hydrogen-bond donors (Lipinski definition) is 1. The molecule has 2 aromatic carbocycles. The molecule has 1 aromatic heterocycles. The highest BCUT2D eigenvalue weighted by Crippen LogP contribution is 2.20. The molecule has 27 heavy (non-hydrogen) atoms. The second kappa shape index (κ2) is 8.79. The summed E-state index contributed by atoms with van der Waals surface area (Å²) in [4.78, 5) is 23.9. The standard InChI is InChI=1S/C21H18BrNO4/c22-17-9-4-8-16(12-17)13-19(27-14-15-6-2-1-3-7-15)23-11-5-10-18(20(23)24)21(25)26/h1-12,19H,13-14H2,(H,25,26). The van der Waals surface area contributed by atoms with E-state index in [4.69, 9.17) is 4.74 Å². The largest absolute Gasteiger partial charge is 0.477 e. The first kappa shape index (κ1) is 19.1. The highest BCUT2D eigenvalue weighted by Gasteiger charge is 2.18. The van der Waals surface area contributed by atoms with Crippen molar-refractivity contribution in [2.24, 2.45) is 0 Å². The average Bonchev–Trinajstić information content (AvgIpc) is 2.66. The van der Waals surface area contributed by atoms with E-state index in [-0.39, 0.29) is 5.56 Å². The van der Waals surface area contributed by atoms with E-state index in [2.05, 4.69) is 15.9 Å². The summed E-state index contributed by atoms with van der Waals surface area (Å²) in [6, 6.07) is 20.2. The summed E-state index contributed by atoms with van der Waals surface area (Å²) in [5.74, 6) is -1.25. The van der Waals surface area contributed by atoms with Gasteiger partial charge in [-0.15, -0.1) is 0 Å². The van der Waals surface area contributed by atoms with Crippen molar-refractivity contribution in [1.29, 1.82) is 0 Å². The summed E-state index contributed by atoms with van der Waals surface area (Å²) in [5.41, 5.74) is 1.08. The molecule has 0 saturated heterocycles. The summed E-state index contributed by atoms with van der Waals surface area (Å²) in [6.07, 6.45) is 1.35. The molecule has 0 aliphatic carbocycles. The molecule has 3 rings (SSSR count). The third-order valence-corrected chi connectivity index (χ3v) is 4.59. The number of pyridine rings is 1. The first-order valence-electron chi connectivity index (χ1n) is 8.39. The van der Waals surface area contributed by atoms with Gasteiger partial charge in [-0.25, -0.2) is 4.79 Å². The van der Waals surface area contributed by atoms with Crippen molar-refractivity contribution in [2.45, 2.75) is 19.3 Å². The monoisotopic (exact) mass is 427 g/mol. The Morgan fingerprint density at radius 3 is 2.48 bits per heavy atom. The summed E-state index contributed by atoms with van der Waals surface area (Å²) in [5, 5.41) is 9.25. The van der Waals surface area contributed by atoms with E-state index >= 15 is 0 Å². The number of carboxylic acids is 1. The van der Waals surface area contributed by atoms with E-state index in [1.54, 1.807) is 12.3 Å². The fourth-order valence-electron chi connectivity index (χ4n) is 2.77. The van der Waals surface area contributed by atoms with Crippen LogP contribution in [-0.2, 0) is 17.8 Å². The lowest BCUT2D eigenvalue weighted by Gasteiger charge is -2.21. The van der Waals surface area contributed by atoms with Gasteiger partial charge in [-0.1, -0.05) is 58.4 Å². The lowest BCUT2D eigenvalue weighted by Crippen LogP contribution is -2.31. The minimum Gasteiger partial charge on any atom is -0.477 e. The molecule has 1 N–H and O–H groups in total. The van der Waals surface area contributed by atoms with Gasteiger partial charge < -0.3 is 9.84 Å². The van der Waals surface area contributed by atoms with Crippen molar-refractivity contribution in [3.05, 3.63) is 104 Å². The molecular formula is C21H18BrNO4. The Balaban J connectivity index is 1.93. The molecular weight excluding hydrogens is 410 g/mol. The second-order valence-electron chi connectivity index (χ2n) is 6.02. The number of carboxylic acid groups (broad SMARTS) is 1. The van der Waals surface area contributed by atoms with Gasteiger partial charge in [0.15, 0.2) is 0 Å². The molecule has 0 saturated carbocycles. The third-order valence-electron chi connectivity index (χ3n) is 4.10. The number of ether oxygens (including phenoxy) is 1. The van der Waals surface area contributed by atoms with Crippen molar-refractivity contribution in [3.63, 3.8) is 0 Å². The van der Waals surface area contributed by atoms with Crippen LogP contribution in [0, 0.1) is 0 Å². The van der Waals surface area contributed by atoms with Crippen LogP contribution in [0.5, 0.6) is 0 Å². The Morgan fingerprint density at radius 1 is 1.04 bits per heavy atom. The average molecular weight is 428 g/mol. The van der Waals surface area contributed by atoms with Gasteiger partial charge in [0.05, 0.1) is 6.61 Å². The molecule has 3 aromatic rings. The number of halogens is 1. The lowest BCUT2D eigenvalue weighted by atomic mass is 10.1. The van der Waals surface area contributed by atoms with E-state index in [0.717, 1.165) is 15.6 Å². The van der Waals surface area contributed by atoms with Crippen LogP contribution in [0.3, 0.4) is 0 Å². The second-order valence-corrected chi connectivity index (χ2v) is 6.94. The Hall–Kier alpha value is -2.70. The number of benzene rings is 2. The predicted octanol–water partition coefficient (Wildman–Crippen LogP) is 4.27. The zero-order valence-electron chi connectivity index (χ0n) is 14.4. The minimum absolute atomic E-state index is 0.278. The summed E-state index contributed by atoms with van der Waals surface area (Å²) in [6.45, 7) is 0.309. The molecule has 1 heterocycles. The van der Waals surface area contributed by atoms with Crippen molar-refractivity contribution >= 4 is 21.9 Å². The molecule has 0 aliphatic heterocycles. The quantitative estimate of drug-likeness (QED) is 0.611. The zero-order valence-corrected chi connectivity index (χ0v) is 16.0. The smallest absolute Gasteiger partial charge is 0.341 e. The Labute approximate surface area is 165 Å². The molecule has 1 atom stereocenters. The van der Waals surface area contributed by atoms with Gasteiger partial charge in [-0.3, -0.25) is 9.36 Å². The molecule has 1 unspecified atom stereocenters. The molecule has 0 aliphatic rings. The fourth-order valence-corrected chi connectivity index (χ4v) is 3.22. The number of aromatic carboxylic acids is 1. The van der Waals surface area contributed by atoms with Crippen LogP contribution in [0.25, 0.3) is 0 Å². The molecule has 138 valence electrons. The Morgan fingerprint density at radius 2 is 1.78 bits per heavy atom. The molecule has 0 radical (unpaired) electrons. The normalized spacial score (nSPS) is 11.9. The van der Waals surface area contributed by atoms with E-state index in [1.807, 2.05) is 54.6 Å². The summed E-state index contributed by atoms with van der Waals surface area (Å²) < 4.78 is 8.29. The predicted molar refractivity (Wildman–Crippen MR) is 106 cm³/mol. The highest BCUT2D eigenvalue weighted by molar-refractivity contribution is 9.10. The van der Waals surface area contributed by atoms with Crippen LogP contribution in [0.15, 0.2) is 82.2 Å². The topological polar surface area (TPSA) is 68.5 Å². The van der Waals surface area contributed by atoms with Crippen LogP contribution < -0.4 is 5.56 Å². The van der Waals surface area contributed by atoms with Crippen LogP contribution in [0.1, 0.15) is 27.7 Å². The molecule has 0 spiro atoms. The molecule has 0 bridgehead atoms. The SMILES string of the molecule is O=C(O)c1cccn(C(Cc2cccc(Br)c2)OCc2ccccc2)c1=O. The van der Waals surface area contributed by atoms with Gasteiger partial charge in [-0.2, -0.15) is 0 Å². The molecule has 0 fully saturated rings. The van der Waals surface area contributed by atoms with E-state index in [1.165, 1.54) is 10.6 Å². The van der Waals surface area contributed by atoms with Crippen LogP contribution >= 0.6 is 15.9 Å². The molecule has 0 amide bonds. The van der Waals surface area contributed by atoms with Gasteiger partial charge >= 0.3 is 5.97 Å². The van der Waals surface area contributed by atoms with Gasteiger partial charge in [-0.05, 0) is 35.4 Å². The number of carbonyl (C=O) groups is 1. The number of aromatic nitrogens is 1. The number of nitrogens with zero attached hydrogens (tertiary/aromatic N) is 1. The van der Waals surface area contributed by atoms with Gasteiger partial charge in [0.2, 0.25) is 0 Å². The summed E-state index contributed by atoms with van der Waals surface area (Å²) in [7, 11) is 0. The molecule has 6 heteroatoms. The van der Waals surface area contributed by atoms with Crippen molar-refractivity contribution < 1.29 is 14.6 Å². The van der Waals surface area contributed by atoms with Crippen LogP contribution in [0.2, 0.25) is 0 Å². The Kier molecular flexibility index (Phi) is 6.21. The van der Waals surface area contributed by atoms with Gasteiger partial charge in [0.1, 0.15) is 11.8 Å². The van der Waals surface area contributed by atoms with Crippen molar-refractivity contribution in [1.82, 2.24) is 4.57 Å². The number of hydrogen-bond acceptors (Lipinski definition) is 3. The zero-order chi connectivity index (χ0) is 19.2. The number of rotatable bonds is 7. The van der Waals surface area contributed by atoms with Gasteiger partial charge in [0.25, 0.3) is 5.56 Å². The van der Waals surface area contributed by atoms with E-state index < -0.39 is 17.8 Å². The summed E-state index contributed by atoms with van der Waals surface area (Å²) >= 11 is 3.44. The minimum atomic E-state index is -1.25. The maximum absolute atomic E-state index is 12.6. The van der Waals surface area contributed by atoms with E-state index in [9.17, 15) is 14.7 Å². The van der Waals surface area contributed by atoms with Crippen LogP contribution in [0.4, 0.5) is 0 Å². The first-order chi connectivity index (χ1) is 13.0. The fraction of sp³-hybridized carbons (Fsp3) is 0.143. The lowest BCUT2D eigenvalue weighted by molar-refractivity contribution is -0.0117. The van der Waals surface area contributed by atoms with Gasteiger partial charge in [0, 0.05) is 17.1 Å². The van der Waals surface area contributed by atoms with Crippen LogP contribution in [-0.4, -0.2) is 15.6 Å². The Bertz CT molecular complexity index is 985. The highest BCUT2D eigenvalue weighted by atomic mass is 79.9. The van der Waals surface area contributed by atoms with Crippen molar-refractivity contribution in [3.8, 4) is 0 Å². The first-order valence-corrected chi connectivity index (χ1v) is 9.18. The maximum atomic E-state index is 12.6. The van der Waals surface area contributed by atoms with E-state index in [0.29, 0.717) is 13.0 Å². The maximum Gasteiger partial charge on any atom is 0.341 e. The third kappa shape index (κ3) is 4.93.